The minimum atomic E-state index is -0.543. The summed E-state index contributed by atoms with van der Waals surface area (Å²) in [6.07, 6.45) is 1.41. The number of piperidine rings is 1. The molecule has 0 radical (unpaired) electrons. The van der Waals surface area contributed by atoms with Gasteiger partial charge in [0.2, 0.25) is 11.8 Å². The summed E-state index contributed by atoms with van der Waals surface area (Å²) in [5, 5.41) is 2.24. The maximum absolute atomic E-state index is 13.8. The van der Waals surface area contributed by atoms with Crippen LogP contribution < -0.4 is 5.32 Å². The van der Waals surface area contributed by atoms with Crippen LogP contribution in [0.4, 0.5) is 4.39 Å². The Morgan fingerprint density at radius 2 is 2.18 bits per heavy atom. The molecule has 1 fully saturated rings. The molecule has 1 aliphatic rings. The fraction of sp³-hybridized carbons (Fsp3) is 0.385. The molecule has 17 heavy (non-hydrogen) atoms. The first-order chi connectivity index (χ1) is 8.11. The molecule has 1 aromatic rings. The Morgan fingerprint density at radius 3 is 2.76 bits per heavy atom. The molecule has 2 amide bonds. The lowest BCUT2D eigenvalue weighted by Gasteiger charge is -2.21. The largest absolute Gasteiger partial charge is 0.296 e. The first kappa shape index (κ1) is 11.8. The molecule has 0 bridgehead atoms. The van der Waals surface area contributed by atoms with E-state index >= 15 is 0 Å². The van der Waals surface area contributed by atoms with Gasteiger partial charge in [-0.1, -0.05) is 19.1 Å². The van der Waals surface area contributed by atoms with Crippen LogP contribution in [0.15, 0.2) is 18.2 Å². The average molecular weight is 235 g/mol. The van der Waals surface area contributed by atoms with E-state index in [1.165, 1.54) is 6.07 Å². The molecule has 1 saturated heterocycles. The van der Waals surface area contributed by atoms with E-state index in [-0.39, 0.29) is 18.1 Å². The van der Waals surface area contributed by atoms with Crippen LogP contribution in [0.1, 0.15) is 36.8 Å². The van der Waals surface area contributed by atoms with E-state index in [2.05, 4.69) is 5.32 Å². The molecule has 1 unspecified atom stereocenters. The van der Waals surface area contributed by atoms with E-state index in [4.69, 9.17) is 0 Å². The van der Waals surface area contributed by atoms with Crippen molar-refractivity contribution >= 4 is 11.8 Å². The molecule has 1 aliphatic heterocycles. The Morgan fingerprint density at radius 1 is 1.41 bits per heavy atom. The highest BCUT2D eigenvalue weighted by atomic mass is 19.1. The number of amides is 2. The van der Waals surface area contributed by atoms with Gasteiger partial charge in [-0.15, -0.1) is 0 Å². The van der Waals surface area contributed by atoms with E-state index < -0.39 is 11.8 Å². The van der Waals surface area contributed by atoms with Crippen LogP contribution in [-0.4, -0.2) is 11.8 Å². The van der Waals surface area contributed by atoms with Crippen molar-refractivity contribution in [2.45, 2.75) is 32.1 Å². The Bertz CT molecular complexity index is 470. The molecular weight excluding hydrogens is 221 g/mol. The number of hydrogen-bond donors (Lipinski definition) is 1. The molecule has 0 aliphatic carbocycles. The molecule has 1 heterocycles. The van der Waals surface area contributed by atoms with Crippen LogP contribution in [0.25, 0.3) is 0 Å². The zero-order chi connectivity index (χ0) is 12.4. The third-order valence-corrected chi connectivity index (χ3v) is 3.09. The van der Waals surface area contributed by atoms with Gasteiger partial charge in [0.25, 0.3) is 0 Å². The van der Waals surface area contributed by atoms with Crippen LogP contribution in [0, 0.1) is 5.82 Å². The van der Waals surface area contributed by atoms with Gasteiger partial charge in [-0.25, -0.2) is 4.39 Å². The van der Waals surface area contributed by atoms with Crippen molar-refractivity contribution in [3.8, 4) is 0 Å². The molecule has 1 atom stereocenters. The zero-order valence-electron chi connectivity index (χ0n) is 9.63. The van der Waals surface area contributed by atoms with Gasteiger partial charge in [0.1, 0.15) is 5.82 Å². The van der Waals surface area contributed by atoms with Gasteiger partial charge in [0, 0.05) is 12.0 Å². The molecule has 0 saturated carbocycles. The summed E-state index contributed by atoms with van der Waals surface area (Å²) in [5.41, 5.74) is 1.28. The van der Waals surface area contributed by atoms with Crippen molar-refractivity contribution in [1.82, 2.24) is 5.32 Å². The second-order valence-corrected chi connectivity index (χ2v) is 4.21. The first-order valence-electron chi connectivity index (χ1n) is 5.74. The molecular formula is C13H14FNO2. The normalized spacial score (nSPS) is 20.2. The lowest BCUT2D eigenvalue weighted by atomic mass is 9.89. The minimum Gasteiger partial charge on any atom is -0.296 e. The molecule has 1 N–H and O–H groups in total. The van der Waals surface area contributed by atoms with E-state index in [1.54, 1.807) is 6.07 Å². The molecule has 2 rings (SSSR count). The fourth-order valence-corrected chi connectivity index (χ4v) is 2.06. The number of rotatable bonds is 2. The number of benzene rings is 1. The van der Waals surface area contributed by atoms with Crippen molar-refractivity contribution < 1.29 is 14.0 Å². The fourth-order valence-electron chi connectivity index (χ4n) is 2.06. The molecule has 4 heteroatoms. The maximum Gasteiger partial charge on any atom is 0.234 e. The maximum atomic E-state index is 13.8. The number of carbonyl (C=O) groups is 2. The number of nitrogens with one attached hydrogen (secondary N) is 1. The van der Waals surface area contributed by atoms with Gasteiger partial charge >= 0.3 is 0 Å². The van der Waals surface area contributed by atoms with Crippen molar-refractivity contribution in [2.75, 3.05) is 0 Å². The minimum absolute atomic E-state index is 0.269. The van der Waals surface area contributed by atoms with Crippen LogP contribution in [0.2, 0.25) is 0 Å². The smallest absolute Gasteiger partial charge is 0.234 e. The van der Waals surface area contributed by atoms with Gasteiger partial charge in [-0.3, -0.25) is 14.9 Å². The highest BCUT2D eigenvalue weighted by molar-refractivity contribution is 6.00. The third kappa shape index (κ3) is 2.35. The van der Waals surface area contributed by atoms with E-state index in [0.717, 1.165) is 12.0 Å². The van der Waals surface area contributed by atoms with Crippen LogP contribution in [0.5, 0.6) is 0 Å². The number of halogens is 1. The Balaban J connectivity index is 2.28. The van der Waals surface area contributed by atoms with Crippen molar-refractivity contribution in [3.05, 3.63) is 35.1 Å². The Hall–Kier alpha value is -1.71. The molecule has 0 aromatic heterocycles. The second-order valence-electron chi connectivity index (χ2n) is 4.21. The Labute approximate surface area is 99.0 Å². The van der Waals surface area contributed by atoms with Crippen molar-refractivity contribution in [2.24, 2.45) is 0 Å². The Kier molecular flexibility index (Phi) is 3.22. The summed E-state index contributed by atoms with van der Waals surface area (Å²) in [4.78, 5) is 22.6. The average Bonchev–Trinajstić information content (AvgIpc) is 2.30. The topological polar surface area (TPSA) is 46.2 Å². The number of imide groups is 1. The third-order valence-electron chi connectivity index (χ3n) is 3.09. The van der Waals surface area contributed by atoms with E-state index in [9.17, 15) is 14.0 Å². The highest BCUT2D eigenvalue weighted by Gasteiger charge is 2.29. The quantitative estimate of drug-likeness (QED) is 0.796. The summed E-state index contributed by atoms with van der Waals surface area (Å²) < 4.78 is 13.8. The second kappa shape index (κ2) is 4.65. The molecule has 90 valence electrons. The summed E-state index contributed by atoms with van der Waals surface area (Å²) in [7, 11) is 0. The van der Waals surface area contributed by atoms with E-state index in [1.807, 2.05) is 13.0 Å². The van der Waals surface area contributed by atoms with E-state index in [0.29, 0.717) is 12.0 Å². The summed E-state index contributed by atoms with van der Waals surface area (Å²) >= 11 is 0. The summed E-state index contributed by atoms with van der Waals surface area (Å²) in [5.74, 6) is -1.58. The monoisotopic (exact) mass is 235 g/mol. The molecule has 0 spiro atoms. The highest BCUT2D eigenvalue weighted by Crippen LogP contribution is 2.27. The zero-order valence-corrected chi connectivity index (χ0v) is 9.63. The standard InChI is InChI=1S/C13H14FNO2/c1-2-8-3-4-9(11(14)7-8)10-5-6-12(16)15-13(10)17/h3-4,7,10H,2,5-6H2,1H3,(H,15,16,17). The van der Waals surface area contributed by atoms with Gasteiger partial charge in [-0.05, 0) is 24.5 Å². The van der Waals surface area contributed by atoms with Gasteiger partial charge < -0.3 is 0 Å². The van der Waals surface area contributed by atoms with Gasteiger partial charge in [-0.2, -0.15) is 0 Å². The molecule has 3 nitrogen and oxygen atoms in total. The van der Waals surface area contributed by atoms with Crippen LogP contribution >= 0.6 is 0 Å². The lowest BCUT2D eigenvalue weighted by Crippen LogP contribution is -2.39. The number of aryl methyl sites for hydroxylation is 1. The first-order valence-corrected chi connectivity index (χ1v) is 5.74. The van der Waals surface area contributed by atoms with Crippen LogP contribution in [-0.2, 0) is 16.0 Å². The predicted octanol–water partition coefficient (Wildman–Crippen LogP) is 1.91. The number of carbonyl (C=O) groups excluding carboxylic acids is 2. The SMILES string of the molecule is CCc1ccc(C2CCC(=O)NC2=O)c(F)c1. The summed E-state index contributed by atoms with van der Waals surface area (Å²) in [6, 6.07) is 4.93. The van der Waals surface area contributed by atoms with Gasteiger partial charge in [0.05, 0.1) is 5.92 Å². The van der Waals surface area contributed by atoms with Crippen LogP contribution in [0.3, 0.4) is 0 Å². The molecule has 1 aromatic carbocycles. The van der Waals surface area contributed by atoms with Crippen molar-refractivity contribution in [1.29, 1.82) is 0 Å². The lowest BCUT2D eigenvalue weighted by molar-refractivity contribution is -0.134. The van der Waals surface area contributed by atoms with Crippen molar-refractivity contribution in [3.63, 3.8) is 0 Å². The predicted molar refractivity (Wildman–Crippen MR) is 60.9 cm³/mol. The number of hydrogen-bond acceptors (Lipinski definition) is 2. The van der Waals surface area contributed by atoms with Gasteiger partial charge in [0.15, 0.2) is 0 Å². The summed E-state index contributed by atoms with van der Waals surface area (Å²) in [6.45, 7) is 1.94.